The van der Waals surface area contributed by atoms with Crippen molar-refractivity contribution in [3.05, 3.63) is 42.0 Å². The number of aliphatic carboxylic acids is 1. The number of aromatic carboxylic acids is 1. The van der Waals surface area contributed by atoms with E-state index < -0.39 is 18.5 Å². The van der Waals surface area contributed by atoms with Gasteiger partial charge < -0.3 is 14.9 Å². The molecule has 2 aromatic carbocycles. The summed E-state index contributed by atoms with van der Waals surface area (Å²) < 4.78 is 5.02. The van der Waals surface area contributed by atoms with Crippen molar-refractivity contribution >= 4 is 22.7 Å². The van der Waals surface area contributed by atoms with Crippen molar-refractivity contribution in [1.82, 2.24) is 0 Å². The average molecular weight is 246 g/mol. The SMILES string of the molecule is O=C(O)COc1ccc2cccc(C(=O)O)c2c1. The van der Waals surface area contributed by atoms with Crippen LogP contribution >= 0.6 is 0 Å². The molecule has 0 aromatic heterocycles. The Balaban J connectivity index is 2.45. The van der Waals surface area contributed by atoms with Gasteiger partial charge in [0, 0.05) is 0 Å². The maximum Gasteiger partial charge on any atom is 0.341 e. The normalized spacial score (nSPS) is 10.2. The molecule has 0 aliphatic carbocycles. The van der Waals surface area contributed by atoms with E-state index in [9.17, 15) is 9.59 Å². The van der Waals surface area contributed by atoms with Crippen molar-refractivity contribution in [3.8, 4) is 5.75 Å². The van der Waals surface area contributed by atoms with Gasteiger partial charge in [0.05, 0.1) is 5.56 Å². The molecule has 0 heterocycles. The first kappa shape index (κ1) is 11.9. The van der Waals surface area contributed by atoms with Crippen LogP contribution in [-0.4, -0.2) is 28.8 Å². The van der Waals surface area contributed by atoms with E-state index in [-0.39, 0.29) is 5.56 Å². The van der Waals surface area contributed by atoms with E-state index >= 15 is 0 Å². The minimum atomic E-state index is -1.08. The number of ether oxygens (including phenoxy) is 1. The molecule has 2 aromatic rings. The lowest BCUT2D eigenvalue weighted by atomic mass is 10.0. The van der Waals surface area contributed by atoms with Crippen LogP contribution in [0.1, 0.15) is 10.4 Å². The lowest BCUT2D eigenvalue weighted by Crippen LogP contribution is -2.09. The molecule has 5 heteroatoms. The molecule has 2 rings (SSSR count). The second-order valence-electron chi connectivity index (χ2n) is 3.68. The van der Waals surface area contributed by atoms with Gasteiger partial charge in [-0.15, -0.1) is 0 Å². The number of carbonyl (C=O) groups is 2. The summed E-state index contributed by atoms with van der Waals surface area (Å²) >= 11 is 0. The lowest BCUT2D eigenvalue weighted by Gasteiger charge is -2.06. The molecular weight excluding hydrogens is 236 g/mol. The van der Waals surface area contributed by atoms with Crippen molar-refractivity contribution in [2.45, 2.75) is 0 Å². The summed E-state index contributed by atoms with van der Waals surface area (Å²) in [6.07, 6.45) is 0. The zero-order chi connectivity index (χ0) is 13.1. The fourth-order valence-electron chi connectivity index (χ4n) is 1.67. The Kier molecular flexibility index (Phi) is 3.14. The maximum absolute atomic E-state index is 11.1. The van der Waals surface area contributed by atoms with Crippen LogP contribution in [-0.2, 0) is 4.79 Å². The number of benzene rings is 2. The van der Waals surface area contributed by atoms with Crippen LogP contribution in [0, 0.1) is 0 Å². The summed E-state index contributed by atoms with van der Waals surface area (Å²) in [4.78, 5) is 21.4. The van der Waals surface area contributed by atoms with E-state index in [2.05, 4.69) is 0 Å². The number of fused-ring (bicyclic) bond motifs is 1. The van der Waals surface area contributed by atoms with Gasteiger partial charge >= 0.3 is 11.9 Å². The number of hydrogen-bond donors (Lipinski definition) is 2. The monoisotopic (exact) mass is 246 g/mol. The van der Waals surface area contributed by atoms with E-state index in [0.717, 1.165) is 5.39 Å². The molecule has 2 N–H and O–H groups in total. The smallest absolute Gasteiger partial charge is 0.341 e. The molecule has 0 radical (unpaired) electrons. The molecule has 0 spiro atoms. The number of hydrogen-bond acceptors (Lipinski definition) is 3. The Labute approximate surface area is 102 Å². The molecule has 0 fully saturated rings. The molecule has 0 unspecified atom stereocenters. The average Bonchev–Trinajstić information content (AvgIpc) is 2.35. The molecular formula is C13H10O5. The Morgan fingerprint density at radius 3 is 2.56 bits per heavy atom. The highest BCUT2D eigenvalue weighted by atomic mass is 16.5. The van der Waals surface area contributed by atoms with Crippen LogP contribution in [0.3, 0.4) is 0 Å². The molecule has 0 saturated carbocycles. The number of rotatable bonds is 4. The highest BCUT2D eigenvalue weighted by molar-refractivity contribution is 6.04. The molecule has 0 aliphatic heterocycles. The van der Waals surface area contributed by atoms with E-state index in [4.69, 9.17) is 14.9 Å². The Morgan fingerprint density at radius 2 is 1.89 bits per heavy atom. The Bertz CT molecular complexity index is 618. The van der Waals surface area contributed by atoms with Crippen molar-refractivity contribution in [2.75, 3.05) is 6.61 Å². The molecule has 0 aliphatic rings. The van der Waals surface area contributed by atoms with Crippen molar-refractivity contribution < 1.29 is 24.5 Å². The first-order valence-corrected chi connectivity index (χ1v) is 5.18. The van der Waals surface area contributed by atoms with Crippen LogP contribution in [0.2, 0.25) is 0 Å². The molecule has 0 saturated heterocycles. The minimum Gasteiger partial charge on any atom is -0.482 e. The maximum atomic E-state index is 11.1. The second kappa shape index (κ2) is 4.75. The largest absolute Gasteiger partial charge is 0.482 e. The lowest BCUT2D eigenvalue weighted by molar-refractivity contribution is -0.139. The van der Waals surface area contributed by atoms with Gasteiger partial charge in [0.25, 0.3) is 0 Å². The third-order valence-corrected chi connectivity index (χ3v) is 2.45. The number of carboxylic acids is 2. The minimum absolute atomic E-state index is 0.160. The predicted octanol–water partition coefficient (Wildman–Crippen LogP) is 2.00. The zero-order valence-corrected chi connectivity index (χ0v) is 9.29. The molecule has 0 atom stereocenters. The van der Waals surface area contributed by atoms with Crippen LogP contribution in [0.5, 0.6) is 5.75 Å². The number of carboxylic acid groups (broad SMARTS) is 2. The van der Waals surface area contributed by atoms with E-state index in [1.165, 1.54) is 12.1 Å². The highest BCUT2D eigenvalue weighted by Crippen LogP contribution is 2.24. The molecule has 5 nitrogen and oxygen atoms in total. The van der Waals surface area contributed by atoms with Gasteiger partial charge in [-0.2, -0.15) is 0 Å². The van der Waals surface area contributed by atoms with Gasteiger partial charge in [-0.1, -0.05) is 18.2 Å². The first-order valence-electron chi connectivity index (χ1n) is 5.18. The van der Waals surface area contributed by atoms with Gasteiger partial charge in [-0.05, 0) is 29.0 Å². The van der Waals surface area contributed by atoms with Gasteiger partial charge in [0.1, 0.15) is 5.75 Å². The van der Waals surface area contributed by atoms with Crippen LogP contribution in [0.15, 0.2) is 36.4 Å². The fourth-order valence-corrected chi connectivity index (χ4v) is 1.67. The quantitative estimate of drug-likeness (QED) is 0.861. The van der Waals surface area contributed by atoms with Gasteiger partial charge in [0.2, 0.25) is 0 Å². The van der Waals surface area contributed by atoms with E-state index in [1.807, 2.05) is 0 Å². The molecule has 18 heavy (non-hydrogen) atoms. The summed E-state index contributed by atoms with van der Waals surface area (Å²) in [7, 11) is 0. The van der Waals surface area contributed by atoms with Crippen molar-refractivity contribution in [2.24, 2.45) is 0 Å². The molecule has 0 amide bonds. The Hall–Kier alpha value is -2.56. The topological polar surface area (TPSA) is 83.8 Å². The second-order valence-corrected chi connectivity index (χ2v) is 3.68. The summed E-state index contributed by atoms with van der Waals surface area (Å²) in [5.74, 6) is -1.78. The van der Waals surface area contributed by atoms with Gasteiger partial charge in [0.15, 0.2) is 6.61 Å². The highest BCUT2D eigenvalue weighted by Gasteiger charge is 2.09. The Morgan fingerprint density at radius 1 is 1.11 bits per heavy atom. The summed E-state index contributed by atoms with van der Waals surface area (Å²) in [5, 5.41) is 18.9. The van der Waals surface area contributed by atoms with Crippen LogP contribution in [0.4, 0.5) is 0 Å². The van der Waals surface area contributed by atoms with Gasteiger partial charge in [-0.25, -0.2) is 9.59 Å². The molecule has 92 valence electrons. The fraction of sp³-hybridized carbons (Fsp3) is 0.0769. The van der Waals surface area contributed by atoms with Gasteiger partial charge in [-0.3, -0.25) is 0 Å². The summed E-state index contributed by atoms with van der Waals surface area (Å²) in [6, 6.07) is 9.76. The third-order valence-electron chi connectivity index (χ3n) is 2.45. The van der Waals surface area contributed by atoms with E-state index in [1.54, 1.807) is 24.3 Å². The zero-order valence-electron chi connectivity index (χ0n) is 9.29. The predicted molar refractivity (Wildman–Crippen MR) is 64.0 cm³/mol. The standard InChI is InChI=1S/C13H10O5/c14-12(15)7-18-9-5-4-8-2-1-3-10(13(16)17)11(8)6-9/h1-6H,7H2,(H,14,15)(H,16,17). The van der Waals surface area contributed by atoms with Crippen molar-refractivity contribution in [1.29, 1.82) is 0 Å². The summed E-state index contributed by atoms with van der Waals surface area (Å²) in [6.45, 7) is -0.458. The molecule has 0 bridgehead atoms. The first-order chi connectivity index (χ1) is 8.58. The summed E-state index contributed by atoms with van der Waals surface area (Å²) in [5.41, 5.74) is 0.160. The van der Waals surface area contributed by atoms with Crippen molar-refractivity contribution in [3.63, 3.8) is 0 Å². The van der Waals surface area contributed by atoms with Crippen LogP contribution in [0.25, 0.3) is 10.8 Å². The van der Waals surface area contributed by atoms with Crippen LogP contribution < -0.4 is 4.74 Å². The van der Waals surface area contributed by atoms with E-state index in [0.29, 0.717) is 11.1 Å². The third kappa shape index (κ3) is 2.40.